The zero-order valence-corrected chi connectivity index (χ0v) is 20.1. The standard InChI is InChI=1S/C28H26F2N2OS/c1-18(2)15-19-9-11-20(12-10-19)28(3,26(33)31-22-7-5-4-6-8-22)27-32-25(17-34-27)23-14-13-21(29)16-24(23)30/h4-14,16-18H,15H2,1-3H3,(H,31,33). The molecular weight excluding hydrogens is 450 g/mol. The summed E-state index contributed by atoms with van der Waals surface area (Å²) in [6, 6.07) is 20.6. The minimum atomic E-state index is -1.12. The molecule has 1 aromatic heterocycles. The Balaban J connectivity index is 1.76. The SMILES string of the molecule is CC(C)Cc1ccc(C(C)(C(=O)Nc2ccccc2)c2nc(-c3ccc(F)cc3F)cs2)cc1. The van der Waals surface area contributed by atoms with Crippen LogP contribution in [0.2, 0.25) is 0 Å². The monoisotopic (exact) mass is 476 g/mol. The maximum absolute atomic E-state index is 14.4. The summed E-state index contributed by atoms with van der Waals surface area (Å²) in [5.74, 6) is -1.06. The third kappa shape index (κ3) is 4.92. The van der Waals surface area contributed by atoms with E-state index in [0.717, 1.165) is 18.1 Å². The Kier molecular flexibility index (Phi) is 6.89. The lowest BCUT2D eigenvalue weighted by atomic mass is 9.81. The molecule has 4 rings (SSSR count). The van der Waals surface area contributed by atoms with Gasteiger partial charge in [-0.3, -0.25) is 4.79 Å². The summed E-state index contributed by atoms with van der Waals surface area (Å²) < 4.78 is 27.8. The van der Waals surface area contributed by atoms with Gasteiger partial charge in [-0.05, 0) is 54.7 Å². The van der Waals surface area contributed by atoms with E-state index >= 15 is 0 Å². The molecule has 0 spiro atoms. The molecule has 34 heavy (non-hydrogen) atoms. The summed E-state index contributed by atoms with van der Waals surface area (Å²) in [6.07, 6.45) is 0.943. The Morgan fingerprint density at radius 3 is 2.38 bits per heavy atom. The fraction of sp³-hybridized carbons (Fsp3) is 0.214. The van der Waals surface area contributed by atoms with E-state index in [-0.39, 0.29) is 11.5 Å². The third-order valence-electron chi connectivity index (χ3n) is 5.80. The molecule has 0 saturated heterocycles. The van der Waals surface area contributed by atoms with Crippen molar-refractivity contribution in [1.82, 2.24) is 4.98 Å². The van der Waals surface area contributed by atoms with Crippen LogP contribution in [0.3, 0.4) is 0 Å². The molecule has 0 bridgehead atoms. The Labute approximate surface area is 202 Å². The van der Waals surface area contributed by atoms with E-state index in [1.807, 2.05) is 61.5 Å². The molecule has 174 valence electrons. The molecule has 0 radical (unpaired) electrons. The molecule has 0 fully saturated rings. The molecule has 0 aliphatic heterocycles. The van der Waals surface area contributed by atoms with Gasteiger partial charge in [0.15, 0.2) is 0 Å². The second-order valence-corrected chi connectivity index (χ2v) is 9.76. The Bertz CT molecular complexity index is 1290. The summed E-state index contributed by atoms with van der Waals surface area (Å²) >= 11 is 1.28. The minimum absolute atomic E-state index is 0.196. The maximum atomic E-state index is 14.4. The Morgan fingerprint density at radius 2 is 1.74 bits per heavy atom. The van der Waals surface area contributed by atoms with Crippen molar-refractivity contribution in [2.45, 2.75) is 32.6 Å². The van der Waals surface area contributed by atoms with E-state index in [1.54, 1.807) is 5.38 Å². The van der Waals surface area contributed by atoms with E-state index in [1.165, 1.54) is 29.0 Å². The van der Waals surface area contributed by atoms with Crippen molar-refractivity contribution in [3.05, 3.63) is 106 Å². The molecule has 1 heterocycles. The van der Waals surface area contributed by atoms with Crippen LogP contribution < -0.4 is 5.32 Å². The second-order valence-electron chi connectivity index (χ2n) is 8.90. The number of carbonyl (C=O) groups excluding carboxylic acids is 1. The summed E-state index contributed by atoms with van der Waals surface area (Å²) in [5, 5.41) is 5.22. The number of hydrogen-bond acceptors (Lipinski definition) is 3. The van der Waals surface area contributed by atoms with Crippen LogP contribution in [-0.4, -0.2) is 10.9 Å². The second kappa shape index (κ2) is 9.85. The molecule has 6 heteroatoms. The van der Waals surface area contributed by atoms with Crippen molar-refractivity contribution in [3.63, 3.8) is 0 Å². The highest BCUT2D eigenvalue weighted by Crippen LogP contribution is 2.38. The normalized spacial score (nSPS) is 13.0. The third-order valence-corrected chi connectivity index (χ3v) is 6.86. The van der Waals surface area contributed by atoms with Gasteiger partial charge in [-0.25, -0.2) is 13.8 Å². The van der Waals surface area contributed by atoms with E-state index in [4.69, 9.17) is 0 Å². The van der Waals surface area contributed by atoms with Crippen LogP contribution in [0, 0.1) is 17.6 Å². The number of benzene rings is 3. The first-order valence-electron chi connectivity index (χ1n) is 11.1. The number of para-hydroxylation sites is 1. The van der Waals surface area contributed by atoms with Gasteiger partial charge in [0.25, 0.3) is 0 Å². The average Bonchev–Trinajstić information content (AvgIpc) is 3.29. The topological polar surface area (TPSA) is 42.0 Å². The zero-order chi connectivity index (χ0) is 24.3. The fourth-order valence-corrected chi connectivity index (χ4v) is 4.90. The smallest absolute Gasteiger partial charge is 0.241 e. The number of halogens is 2. The molecule has 3 aromatic carbocycles. The van der Waals surface area contributed by atoms with Crippen LogP contribution in [0.1, 0.15) is 36.9 Å². The average molecular weight is 477 g/mol. The molecule has 1 atom stereocenters. The van der Waals surface area contributed by atoms with Crippen LogP contribution >= 0.6 is 11.3 Å². The van der Waals surface area contributed by atoms with Gasteiger partial charge in [0.2, 0.25) is 5.91 Å². The first kappa shape index (κ1) is 23.8. The first-order valence-corrected chi connectivity index (χ1v) is 12.0. The molecule has 0 aliphatic carbocycles. The number of carbonyl (C=O) groups is 1. The van der Waals surface area contributed by atoms with Crippen LogP contribution in [0.15, 0.2) is 78.2 Å². The van der Waals surface area contributed by atoms with Gasteiger partial charge in [0.05, 0.1) is 5.69 Å². The summed E-state index contributed by atoms with van der Waals surface area (Å²) in [7, 11) is 0. The Morgan fingerprint density at radius 1 is 1.03 bits per heavy atom. The van der Waals surface area contributed by atoms with Gasteiger partial charge < -0.3 is 5.32 Å². The number of nitrogens with one attached hydrogen (secondary N) is 1. The number of anilines is 1. The molecule has 0 saturated carbocycles. The number of nitrogens with zero attached hydrogens (tertiary/aromatic N) is 1. The van der Waals surface area contributed by atoms with Crippen molar-refractivity contribution < 1.29 is 13.6 Å². The minimum Gasteiger partial charge on any atom is -0.325 e. The van der Waals surface area contributed by atoms with Crippen molar-refractivity contribution in [2.75, 3.05) is 5.32 Å². The molecule has 1 unspecified atom stereocenters. The lowest BCUT2D eigenvalue weighted by Crippen LogP contribution is -2.38. The number of rotatable bonds is 7. The molecular formula is C28H26F2N2OS. The van der Waals surface area contributed by atoms with Crippen molar-refractivity contribution >= 4 is 22.9 Å². The van der Waals surface area contributed by atoms with Gasteiger partial charge in [0.1, 0.15) is 22.1 Å². The van der Waals surface area contributed by atoms with Gasteiger partial charge in [-0.1, -0.05) is 56.3 Å². The number of thiazole rings is 1. The molecule has 3 nitrogen and oxygen atoms in total. The highest BCUT2D eigenvalue weighted by molar-refractivity contribution is 7.10. The van der Waals surface area contributed by atoms with Crippen molar-refractivity contribution in [1.29, 1.82) is 0 Å². The number of amides is 1. The highest BCUT2D eigenvalue weighted by Gasteiger charge is 2.40. The Hall–Kier alpha value is -3.38. The molecule has 4 aromatic rings. The lowest BCUT2D eigenvalue weighted by Gasteiger charge is -2.27. The van der Waals surface area contributed by atoms with E-state index in [2.05, 4.69) is 24.1 Å². The van der Waals surface area contributed by atoms with Crippen LogP contribution in [-0.2, 0) is 16.6 Å². The van der Waals surface area contributed by atoms with E-state index in [9.17, 15) is 13.6 Å². The maximum Gasteiger partial charge on any atom is 0.241 e. The summed E-state index contributed by atoms with van der Waals surface area (Å²) in [5.41, 5.74) is 2.10. The van der Waals surface area contributed by atoms with Gasteiger partial charge in [-0.2, -0.15) is 0 Å². The van der Waals surface area contributed by atoms with Crippen LogP contribution in [0.5, 0.6) is 0 Å². The first-order chi connectivity index (χ1) is 16.3. The predicted molar refractivity (Wildman–Crippen MR) is 134 cm³/mol. The van der Waals surface area contributed by atoms with Gasteiger partial charge in [0, 0.05) is 22.7 Å². The molecule has 1 N–H and O–H groups in total. The number of hydrogen-bond donors (Lipinski definition) is 1. The highest BCUT2D eigenvalue weighted by atomic mass is 32.1. The van der Waals surface area contributed by atoms with Crippen molar-refractivity contribution in [3.8, 4) is 11.3 Å². The lowest BCUT2D eigenvalue weighted by molar-refractivity contribution is -0.119. The molecule has 1 amide bonds. The quantitative estimate of drug-likeness (QED) is 0.306. The van der Waals surface area contributed by atoms with Crippen LogP contribution in [0.4, 0.5) is 14.5 Å². The fourth-order valence-electron chi connectivity index (χ4n) is 3.90. The van der Waals surface area contributed by atoms with E-state index < -0.39 is 17.0 Å². The van der Waals surface area contributed by atoms with Gasteiger partial charge in [-0.15, -0.1) is 11.3 Å². The number of aromatic nitrogens is 1. The summed E-state index contributed by atoms with van der Waals surface area (Å²) in [6.45, 7) is 6.15. The van der Waals surface area contributed by atoms with Crippen molar-refractivity contribution in [2.24, 2.45) is 5.92 Å². The summed E-state index contributed by atoms with van der Waals surface area (Å²) in [4.78, 5) is 18.3. The zero-order valence-electron chi connectivity index (χ0n) is 19.3. The largest absolute Gasteiger partial charge is 0.325 e. The van der Waals surface area contributed by atoms with Crippen LogP contribution in [0.25, 0.3) is 11.3 Å². The molecule has 0 aliphatic rings. The van der Waals surface area contributed by atoms with E-state index in [0.29, 0.717) is 22.3 Å². The predicted octanol–water partition coefficient (Wildman–Crippen LogP) is 7.23. The van der Waals surface area contributed by atoms with Gasteiger partial charge >= 0.3 is 0 Å².